The summed E-state index contributed by atoms with van der Waals surface area (Å²) in [5.41, 5.74) is 1.24. The van der Waals surface area contributed by atoms with Crippen LogP contribution in [0.1, 0.15) is 15.9 Å². The number of carbonyl (C=O) groups excluding carboxylic acids is 1. The second kappa shape index (κ2) is 5.50. The maximum atomic E-state index is 13.4. The highest BCUT2D eigenvalue weighted by atomic mass is 19.1. The molecule has 108 valence electrons. The van der Waals surface area contributed by atoms with Crippen LogP contribution in [0.15, 0.2) is 18.2 Å². The van der Waals surface area contributed by atoms with Gasteiger partial charge in [0.15, 0.2) is 0 Å². The van der Waals surface area contributed by atoms with Gasteiger partial charge in [0, 0.05) is 50.9 Å². The Kier molecular flexibility index (Phi) is 3.72. The van der Waals surface area contributed by atoms with E-state index in [0.717, 1.165) is 44.8 Å². The molecule has 0 saturated carbocycles. The monoisotopic (exact) mass is 277 g/mol. The zero-order valence-electron chi connectivity index (χ0n) is 11.7. The molecule has 5 heteroatoms. The molecule has 20 heavy (non-hydrogen) atoms. The van der Waals surface area contributed by atoms with Crippen molar-refractivity contribution in [1.29, 1.82) is 0 Å². The molecule has 2 aliphatic heterocycles. The van der Waals surface area contributed by atoms with Crippen LogP contribution in [0, 0.1) is 12.7 Å². The zero-order chi connectivity index (χ0) is 14.1. The molecule has 2 saturated heterocycles. The first-order valence-corrected chi connectivity index (χ1v) is 7.15. The number of piperazine rings is 1. The van der Waals surface area contributed by atoms with Gasteiger partial charge >= 0.3 is 0 Å². The summed E-state index contributed by atoms with van der Waals surface area (Å²) < 4.78 is 13.4. The molecule has 1 aromatic rings. The number of carbonyl (C=O) groups is 1. The van der Waals surface area contributed by atoms with Crippen molar-refractivity contribution < 1.29 is 9.18 Å². The van der Waals surface area contributed by atoms with Gasteiger partial charge in [0.25, 0.3) is 5.91 Å². The smallest absolute Gasteiger partial charge is 0.254 e. The average molecular weight is 277 g/mol. The summed E-state index contributed by atoms with van der Waals surface area (Å²) in [7, 11) is 0. The van der Waals surface area contributed by atoms with E-state index in [4.69, 9.17) is 0 Å². The van der Waals surface area contributed by atoms with Crippen molar-refractivity contribution in [3.8, 4) is 0 Å². The normalized spacial score (nSPS) is 20.8. The lowest BCUT2D eigenvalue weighted by Crippen LogP contribution is -2.62. The van der Waals surface area contributed by atoms with Crippen molar-refractivity contribution >= 4 is 5.91 Å². The van der Waals surface area contributed by atoms with E-state index >= 15 is 0 Å². The molecule has 2 aliphatic rings. The van der Waals surface area contributed by atoms with Crippen molar-refractivity contribution in [2.75, 3.05) is 39.3 Å². The second-order valence-corrected chi connectivity index (χ2v) is 5.66. The number of aryl methyl sites for hydroxylation is 1. The highest BCUT2D eigenvalue weighted by Crippen LogP contribution is 2.14. The summed E-state index contributed by atoms with van der Waals surface area (Å²) in [5, 5.41) is 3.27. The number of amides is 1. The van der Waals surface area contributed by atoms with Gasteiger partial charge in [-0.2, -0.15) is 0 Å². The molecule has 2 heterocycles. The Morgan fingerprint density at radius 2 is 1.90 bits per heavy atom. The van der Waals surface area contributed by atoms with Crippen LogP contribution < -0.4 is 5.32 Å². The van der Waals surface area contributed by atoms with Crippen molar-refractivity contribution in [2.24, 2.45) is 0 Å². The average Bonchev–Trinajstić information content (AvgIpc) is 2.35. The molecule has 4 nitrogen and oxygen atoms in total. The molecule has 0 aliphatic carbocycles. The van der Waals surface area contributed by atoms with Gasteiger partial charge in [0.05, 0.1) is 0 Å². The fourth-order valence-corrected chi connectivity index (χ4v) is 2.86. The van der Waals surface area contributed by atoms with E-state index in [1.807, 2.05) is 4.90 Å². The Balaban J connectivity index is 1.63. The molecule has 1 amide bonds. The molecular weight excluding hydrogens is 257 g/mol. The van der Waals surface area contributed by atoms with E-state index in [2.05, 4.69) is 10.2 Å². The van der Waals surface area contributed by atoms with E-state index in [0.29, 0.717) is 11.6 Å². The number of halogens is 1. The van der Waals surface area contributed by atoms with Crippen LogP contribution >= 0.6 is 0 Å². The molecule has 1 N–H and O–H groups in total. The molecule has 0 unspecified atom stereocenters. The van der Waals surface area contributed by atoms with E-state index in [-0.39, 0.29) is 11.7 Å². The first kappa shape index (κ1) is 13.5. The number of hydrogen-bond acceptors (Lipinski definition) is 3. The van der Waals surface area contributed by atoms with Crippen LogP contribution in [0.2, 0.25) is 0 Å². The molecule has 2 fully saturated rings. The SMILES string of the molecule is Cc1cc(F)cc(C(=O)N2CCN(C3CNC3)CC2)c1. The summed E-state index contributed by atoms with van der Waals surface area (Å²) in [6.45, 7) is 7.18. The molecule has 0 aromatic heterocycles. The minimum atomic E-state index is -0.340. The standard InChI is InChI=1S/C15H20FN3O/c1-11-6-12(8-13(16)7-11)15(20)19-4-2-18(3-5-19)14-9-17-10-14/h6-8,14,17H,2-5,9-10H2,1H3. The third-order valence-corrected chi connectivity index (χ3v) is 4.17. The predicted octanol–water partition coefficient (Wildman–Crippen LogP) is 0.864. The third kappa shape index (κ3) is 2.69. The lowest BCUT2D eigenvalue weighted by atomic mass is 10.1. The number of nitrogens with one attached hydrogen (secondary N) is 1. The minimum absolute atomic E-state index is 0.0565. The summed E-state index contributed by atoms with van der Waals surface area (Å²) in [6, 6.07) is 5.16. The molecule has 1 aromatic carbocycles. The van der Waals surface area contributed by atoms with Crippen molar-refractivity contribution in [3.05, 3.63) is 35.1 Å². The number of rotatable bonds is 2. The largest absolute Gasteiger partial charge is 0.336 e. The first-order valence-electron chi connectivity index (χ1n) is 7.15. The van der Waals surface area contributed by atoms with Crippen molar-refractivity contribution in [3.63, 3.8) is 0 Å². The van der Waals surface area contributed by atoms with E-state index < -0.39 is 0 Å². The third-order valence-electron chi connectivity index (χ3n) is 4.17. The van der Waals surface area contributed by atoms with Crippen LogP contribution in [-0.4, -0.2) is 61.0 Å². The quantitative estimate of drug-likeness (QED) is 0.871. The van der Waals surface area contributed by atoms with E-state index in [9.17, 15) is 9.18 Å². The van der Waals surface area contributed by atoms with Gasteiger partial charge in [-0.15, -0.1) is 0 Å². The van der Waals surface area contributed by atoms with Crippen LogP contribution in [-0.2, 0) is 0 Å². The number of benzene rings is 1. The van der Waals surface area contributed by atoms with Crippen molar-refractivity contribution in [1.82, 2.24) is 15.1 Å². The van der Waals surface area contributed by atoms with Crippen LogP contribution in [0.4, 0.5) is 4.39 Å². The summed E-state index contributed by atoms with van der Waals surface area (Å²) in [5.74, 6) is -0.397. The van der Waals surface area contributed by atoms with Gasteiger partial charge in [0.2, 0.25) is 0 Å². The van der Waals surface area contributed by atoms with Crippen LogP contribution in [0.5, 0.6) is 0 Å². The minimum Gasteiger partial charge on any atom is -0.336 e. The summed E-state index contributed by atoms with van der Waals surface area (Å²) in [4.78, 5) is 16.7. The van der Waals surface area contributed by atoms with Gasteiger partial charge in [-0.3, -0.25) is 9.69 Å². The van der Waals surface area contributed by atoms with Crippen molar-refractivity contribution in [2.45, 2.75) is 13.0 Å². The first-order chi connectivity index (χ1) is 9.63. The predicted molar refractivity (Wildman–Crippen MR) is 75.3 cm³/mol. The van der Waals surface area contributed by atoms with Gasteiger partial charge < -0.3 is 10.2 Å². The number of nitrogens with zero attached hydrogens (tertiary/aromatic N) is 2. The van der Waals surface area contributed by atoms with E-state index in [1.165, 1.54) is 12.1 Å². The Labute approximate surface area is 118 Å². The molecular formula is C15H20FN3O. The zero-order valence-corrected chi connectivity index (χ0v) is 11.7. The second-order valence-electron chi connectivity index (χ2n) is 5.66. The Morgan fingerprint density at radius 3 is 2.45 bits per heavy atom. The number of hydrogen-bond donors (Lipinski definition) is 1. The van der Waals surface area contributed by atoms with Gasteiger partial charge in [0.1, 0.15) is 5.82 Å². The van der Waals surface area contributed by atoms with Gasteiger partial charge in [-0.1, -0.05) is 0 Å². The lowest BCUT2D eigenvalue weighted by molar-refractivity contribution is 0.0501. The van der Waals surface area contributed by atoms with Crippen LogP contribution in [0.25, 0.3) is 0 Å². The molecule has 0 radical (unpaired) electrons. The van der Waals surface area contributed by atoms with Gasteiger partial charge in [-0.05, 0) is 30.7 Å². The Hall–Kier alpha value is -1.46. The molecule has 3 rings (SSSR count). The lowest BCUT2D eigenvalue weighted by Gasteiger charge is -2.43. The molecule has 0 spiro atoms. The Bertz CT molecular complexity index is 488. The van der Waals surface area contributed by atoms with Crippen LogP contribution in [0.3, 0.4) is 0 Å². The highest BCUT2D eigenvalue weighted by molar-refractivity contribution is 5.94. The fraction of sp³-hybridized carbons (Fsp3) is 0.533. The van der Waals surface area contributed by atoms with E-state index in [1.54, 1.807) is 13.0 Å². The summed E-state index contributed by atoms with van der Waals surface area (Å²) >= 11 is 0. The molecule has 0 atom stereocenters. The highest BCUT2D eigenvalue weighted by Gasteiger charge is 2.29. The topological polar surface area (TPSA) is 35.6 Å². The fourth-order valence-electron chi connectivity index (χ4n) is 2.86. The maximum absolute atomic E-state index is 13.4. The Morgan fingerprint density at radius 1 is 1.20 bits per heavy atom. The summed E-state index contributed by atoms with van der Waals surface area (Å²) in [6.07, 6.45) is 0. The van der Waals surface area contributed by atoms with Gasteiger partial charge in [-0.25, -0.2) is 4.39 Å². The molecule has 0 bridgehead atoms. The maximum Gasteiger partial charge on any atom is 0.254 e.